The van der Waals surface area contributed by atoms with E-state index in [1.165, 1.54) is 0 Å². The Bertz CT molecular complexity index is 1400. The van der Waals surface area contributed by atoms with Crippen LogP contribution in [0.25, 0.3) is 32.0 Å². The monoisotopic (exact) mass is 390 g/mol. The summed E-state index contributed by atoms with van der Waals surface area (Å²) in [5, 5.41) is 11.8. The molecule has 138 valence electrons. The Balaban J connectivity index is 1.59. The number of nitrogen functional groups attached to an aromatic ring is 2. The highest BCUT2D eigenvalue weighted by Crippen LogP contribution is 2.30. The van der Waals surface area contributed by atoms with Crippen LogP contribution >= 0.6 is 11.3 Å². The molecular weight excluding hydrogens is 376 g/mol. The van der Waals surface area contributed by atoms with Crippen molar-refractivity contribution < 1.29 is 9.90 Å². The lowest BCUT2D eigenvalue weighted by molar-refractivity contribution is 0.0697. The Kier molecular flexibility index (Phi) is 3.46. The van der Waals surface area contributed by atoms with Crippen LogP contribution in [-0.4, -0.2) is 30.6 Å². The van der Waals surface area contributed by atoms with Crippen LogP contribution in [0.1, 0.15) is 15.4 Å². The molecule has 5 aromatic rings. The molecule has 2 aromatic carbocycles. The van der Waals surface area contributed by atoms with Gasteiger partial charge < -0.3 is 21.1 Å². The van der Waals surface area contributed by atoms with Crippen LogP contribution in [0, 0.1) is 0 Å². The van der Waals surface area contributed by atoms with Gasteiger partial charge >= 0.3 is 5.97 Å². The quantitative estimate of drug-likeness (QED) is 0.431. The first-order valence-electron chi connectivity index (χ1n) is 8.43. The summed E-state index contributed by atoms with van der Waals surface area (Å²) in [4.78, 5) is 24.1. The van der Waals surface area contributed by atoms with Crippen molar-refractivity contribution in [3.63, 3.8) is 0 Å². The number of benzene rings is 2. The average Bonchev–Trinajstić information content (AvgIpc) is 3.24. The lowest BCUT2D eigenvalue weighted by Gasteiger charge is -2.06. The van der Waals surface area contributed by atoms with Gasteiger partial charge in [-0.25, -0.2) is 14.8 Å². The van der Waals surface area contributed by atoms with Crippen LogP contribution in [0.4, 0.5) is 11.8 Å². The maximum absolute atomic E-state index is 11.2. The van der Waals surface area contributed by atoms with Gasteiger partial charge in [0.1, 0.15) is 10.8 Å². The molecule has 8 nitrogen and oxygen atoms in total. The van der Waals surface area contributed by atoms with Gasteiger partial charge in [-0.05, 0) is 36.4 Å². The van der Waals surface area contributed by atoms with Gasteiger partial charge in [0.15, 0.2) is 0 Å². The van der Waals surface area contributed by atoms with E-state index in [0.717, 1.165) is 26.0 Å². The molecule has 0 bridgehead atoms. The number of aromatic carboxylic acids is 1. The maximum atomic E-state index is 11.2. The van der Waals surface area contributed by atoms with Crippen molar-refractivity contribution in [1.82, 2.24) is 19.5 Å². The van der Waals surface area contributed by atoms with E-state index < -0.39 is 5.97 Å². The molecule has 0 atom stereocenters. The molecule has 0 saturated heterocycles. The number of anilines is 2. The van der Waals surface area contributed by atoms with E-state index in [1.54, 1.807) is 29.5 Å². The largest absolute Gasteiger partial charge is 0.478 e. The van der Waals surface area contributed by atoms with E-state index in [0.29, 0.717) is 23.4 Å². The zero-order valence-electron chi connectivity index (χ0n) is 14.5. The number of nitrogens with zero attached hydrogens (tertiary/aromatic N) is 4. The van der Waals surface area contributed by atoms with Crippen molar-refractivity contribution in [3.05, 3.63) is 53.2 Å². The lowest BCUT2D eigenvalue weighted by Crippen LogP contribution is -2.01. The first-order valence-corrected chi connectivity index (χ1v) is 9.24. The number of hydrogen-bond donors (Lipinski definition) is 3. The van der Waals surface area contributed by atoms with Crippen molar-refractivity contribution in [2.75, 3.05) is 11.5 Å². The van der Waals surface area contributed by atoms with Crippen molar-refractivity contribution in [2.45, 2.75) is 6.54 Å². The van der Waals surface area contributed by atoms with E-state index in [1.807, 2.05) is 24.4 Å². The molecule has 0 aliphatic rings. The lowest BCUT2D eigenvalue weighted by atomic mass is 10.1. The van der Waals surface area contributed by atoms with Crippen molar-refractivity contribution in [2.24, 2.45) is 0 Å². The van der Waals surface area contributed by atoms with E-state index in [2.05, 4.69) is 19.5 Å². The summed E-state index contributed by atoms with van der Waals surface area (Å²) in [7, 11) is 0. The fourth-order valence-corrected chi connectivity index (χ4v) is 4.36. The Labute approximate surface area is 162 Å². The number of aromatic nitrogens is 4. The van der Waals surface area contributed by atoms with E-state index in [9.17, 15) is 4.79 Å². The number of carboxylic acid groups (broad SMARTS) is 1. The van der Waals surface area contributed by atoms with Gasteiger partial charge in [0.05, 0.1) is 33.2 Å². The summed E-state index contributed by atoms with van der Waals surface area (Å²) < 4.78 is 3.02. The van der Waals surface area contributed by atoms with Crippen molar-refractivity contribution >= 4 is 61.1 Å². The number of rotatable bonds is 3. The molecule has 0 aliphatic heterocycles. The third-order valence-corrected chi connectivity index (χ3v) is 5.66. The molecule has 0 saturated carbocycles. The van der Waals surface area contributed by atoms with Gasteiger partial charge in [0, 0.05) is 17.1 Å². The van der Waals surface area contributed by atoms with Gasteiger partial charge in [-0.3, -0.25) is 0 Å². The highest BCUT2D eigenvalue weighted by Gasteiger charge is 2.13. The topological polar surface area (TPSA) is 133 Å². The summed E-state index contributed by atoms with van der Waals surface area (Å²) in [5.74, 6) is -0.453. The average molecular weight is 390 g/mol. The van der Waals surface area contributed by atoms with Crippen LogP contribution in [0.2, 0.25) is 0 Å². The van der Waals surface area contributed by atoms with Crippen LogP contribution in [-0.2, 0) is 6.54 Å². The molecule has 28 heavy (non-hydrogen) atoms. The van der Waals surface area contributed by atoms with Gasteiger partial charge in [-0.15, -0.1) is 11.3 Å². The highest BCUT2D eigenvalue weighted by molar-refractivity contribution is 7.18. The number of thiazole rings is 1. The van der Waals surface area contributed by atoms with Crippen LogP contribution in [0.15, 0.2) is 42.6 Å². The SMILES string of the molecule is Nc1nc(N)c2c(ccc3c2ccn3Cc2nc3cc(C(=O)O)ccc3s2)n1. The minimum atomic E-state index is -0.958. The molecule has 0 fully saturated rings. The van der Waals surface area contributed by atoms with E-state index in [4.69, 9.17) is 16.6 Å². The third kappa shape index (κ3) is 2.52. The molecule has 0 unspecified atom stereocenters. The molecule has 0 aliphatic carbocycles. The highest BCUT2D eigenvalue weighted by atomic mass is 32.1. The van der Waals surface area contributed by atoms with Gasteiger partial charge in [0.25, 0.3) is 0 Å². The number of hydrogen-bond acceptors (Lipinski definition) is 7. The smallest absolute Gasteiger partial charge is 0.335 e. The zero-order valence-corrected chi connectivity index (χ0v) is 15.3. The summed E-state index contributed by atoms with van der Waals surface area (Å²) >= 11 is 1.54. The Morgan fingerprint density at radius 1 is 1.07 bits per heavy atom. The number of carbonyl (C=O) groups is 1. The molecular formula is C19H14N6O2S. The molecule has 0 radical (unpaired) electrons. The standard InChI is InChI=1S/C19H14N6O2S/c20-17-16-10-5-6-25(13(10)3-2-11(16)23-19(21)24-17)8-15-22-12-7-9(18(26)27)1-4-14(12)28-15/h1-7H,8H2,(H,26,27)(H4,20,21,23,24). The van der Waals surface area contributed by atoms with Crippen LogP contribution in [0.3, 0.4) is 0 Å². The van der Waals surface area contributed by atoms with Gasteiger partial charge in [-0.1, -0.05) is 0 Å². The minimum Gasteiger partial charge on any atom is -0.478 e. The Morgan fingerprint density at radius 3 is 2.75 bits per heavy atom. The molecule has 5 rings (SSSR count). The Hall–Kier alpha value is -3.72. The summed E-state index contributed by atoms with van der Waals surface area (Å²) in [5.41, 5.74) is 14.4. The van der Waals surface area contributed by atoms with E-state index >= 15 is 0 Å². The first-order chi connectivity index (χ1) is 13.5. The van der Waals surface area contributed by atoms with Crippen LogP contribution in [0.5, 0.6) is 0 Å². The second kappa shape index (κ2) is 5.89. The summed E-state index contributed by atoms with van der Waals surface area (Å²) in [6.07, 6.45) is 1.97. The molecule has 0 amide bonds. The minimum absolute atomic E-state index is 0.152. The number of fused-ring (bicyclic) bond motifs is 4. The summed E-state index contributed by atoms with van der Waals surface area (Å²) in [6, 6.07) is 10.8. The zero-order chi connectivity index (χ0) is 19.4. The van der Waals surface area contributed by atoms with E-state index in [-0.39, 0.29) is 11.5 Å². The van der Waals surface area contributed by atoms with Crippen molar-refractivity contribution in [1.29, 1.82) is 0 Å². The second-order valence-electron chi connectivity index (χ2n) is 6.40. The van der Waals surface area contributed by atoms with Gasteiger partial charge in [0.2, 0.25) is 5.95 Å². The first kappa shape index (κ1) is 16.5. The van der Waals surface area contributed by atoms with Crippen molar-refractivity contribution in [3.8, 4) is 0 Å². The number of carboxylic acids is 1. The number of nitrogens with two attached hydrogens (primary N) is 2. The molecule has 0 spiro atoms. The predicted molar refractivity (Wildman–Crippen MR) is 110 cm³/mol. The molecule has 9 heteroatoms. The van der Waals surface area contributed by atoms with Crippen LogP contribution < -0.4 is 11.5 Å². The van der Waals surface area contributed by atoms with Gasteiger partial charge in [-0.2, -0.15) is 4.98 Å². The third-order valence-electron chi connectivity index (χ3n) is 4.64. The normalized spacial score (nSPS) is 11.6. The second-order valence-corrected chi connectivity index (χ2v) is 7.51. The Morgan fingerprint density at radius 2 is 1.93 bits per heavy atom. The molecule has 5 N–H and O–H groups in total. The molecule has 3 heterocycles. The summed E-state index contributed by atoms with van der Waals surface area (Å²) in [6.45, 7) is 0.562. The predicted octanol–water partition coefficient (Wildman–Crippen LogP) is 3.11. The fraction of sp³-hybridized carbons (Fsp3) is 0.0526. The molecule has 3 aromatic heterocycles. The maximum Gasteiger partial charge on any atom is 0.335 e. The fourth-order valence-electron chi connectivity index (χ4n) is 3.41.